The van der Waals surface area contributed by atoms with Crippen molar-refractivity contribution in [1.82, 2.24) is 4.90 Å². The van der Waals surface area contributed by atoms with Gasteiger partial charge in [-0.15, -0.1) is 0 Å². The molecule has 8 heteroatoms. The zero-order valence-electron chi connectivity index (χ0n) is 15.3. The van der Waals surface area contributed by atoms with Gasteiger partial charge in [0.05, 0.1) is 5.56 Å². The molecule has 0 aliphatic carbocycles. The number of nitrogens with zero attached hydrogens (tertiary/aromatic N) is 1. The summed E-state index contributed by atoms with van der Waals surface area (Å²) in [6.07, 6.45) is -2.50. The Morgan fingerprint density at radius 3 is 2.75 bits per heavy atom. The monoisotopic (exact) mass is 395 g/mol. The van der Waals surface area contributed by atoms with Crippen molar-refractivity contribution in [2.24, 2.45) is 5.92 Å². The highest BCUT2D eigenvalue weighted by molar-refractivity contribution is 5.89. The van der Waals surface area contributed by atoms with E-state index in [1.54, 1.807) is 4.90 Å². The molecule has 0 bridgehead atoms. The molecule has 0 spiro atoms. The third-order valence-electron chi connectivity index (χ3n) is 4.62. The Bertz CT molecular complexity index is 859. The molecule has 1 aromatic carbocycles. The van der Waals surface area contributed by atoms with Crippen LogP contribution in [0.3, 0.4) is 0 Å². The lowest BCUT2D eigenvalue weighted by molar-refractivity contribution is -0.137. The van der Waals surface area contributed by atoms with Crippen LogP contribution in [-0.2, 0) is 15.7 Å². The van der Waals surface area contributed by atoms with Crippen LogP contribution in [0.4, 0.5) is 13.2 Å². The second-order valence-electron chi connectivity index (χ2n) is 6.91. The summed E-state index contributed by atoms with van der Waals surface area (Å²) in [7, 11) is 0. The maximum Gasteiger partial charge on any atom is 0.416 e. The number of piperidine rings is 1. The lowest BCUT2D eigenvalue weighted by Gasteiger charge is -2.30. The lowest BCUT2D eigenvalue weighted by atomic mass is 10.0. The van der Waals surface area contributed by atoms with E-state index < -0.39 is 24.3 Å². The third-order valence-corrected chi connectivity index (χ3v) is 4.62. The Morgan fingerprint density at radius 2 is 2.04 bits per heavy atom. The molecule has 1 aliphatic rings. The van der Waals surface area contributed by atoms with Gasteiger partial charge in [-0.05, 0) is 43.0 Å². The lowest BCUT2D eigenvalue weighted by Crippen LogP contribution is -2.41. The molecule has 0 radical (unpaired) electrons. The molecule has 2 aromatic rings. The summed E-state index contributed by atoms with van der Waals surface area (Å²) in [6.45, 7) is 2.94. The second-order valence-corrected chi connectivity index (χ2v) is 6.91. The van der Waals surface area contributed by atoms with Crippen LogP contribution < -0.4 is 0 Å². The predicted octanol–water partition coefficient (Wildman–Crippen LogP) is 4.38. The van der Waals surface area contributed by atoms with E-state index in [-0.39, 0.29) is 23.0 Å². The number of likely N-dealkylation sites (tertiary alicyclic amines) is 1. The molecule has 1 saturated heterocycles. The van der Waals surface area contributed by atoms with E-state index in [0.29, 0.717) is 19.0 Å². The normalized spacial score (nSPS) is 17.4. The summed E-state index contributed by atoms with van der Waals surface area (Å²) in [4.78, 5) is 25.9. The number of hydrogen-bond donors (Lipinski definition) is 0. The summed E-state index contributed by atoms with van der Waals surface area (Å²) in [5, 5.41) is 0. The molecule has 28 heavy (non-hydrogen) atoms. The van der Waals surface area contributed by atoms with Gasteiger partial charge in [0, 0.05) is 18.7 Å². The highest BCUT2D eigenvalue weighted by Crippen LogP contribution is 2.32. The van der Waals surface area contributed by atoms with Gasteiger partial charge in [0.2, 0.25) is 5.76 Å². The summed E-state index contributed by atoms with van der Waals surface area (Å²) in [5.74, 6) is -0.767. The summed E-state index contributed by atoms with van der Waals surface area (Å²) >= 11 is 0. The van der Waals surface area contributed by atoms with Gasteiger partial charge in [-0.1, -0.05) is 19.1 Å². The number of halogens is 3. The van der Waals surface area contributed by atoms with E-state index in [9.17, 15) is 22.8 Å². The van der Waals surface area contributed by atoms with Crippen molar-refractivity contribution >= 4 is 11.9 Å². The Hall–Kier alpha value is -2.77. The van der Waals surface area contributed by atoms with Crippen LogP contribution >= 0.6 is 0 Å². The molecule has 2 heterocycles. The van der Waals surface area contributed by atoms with Gasteiger partial charge in [0.1, 0.15) is 5.76 Å². The molecule has 5 nitrogen and oxygen atoms in total. The molecular weight excluding hydrogens is 375 g/mol. The van der Waals surface area contributed by atoms with Gasteiger partial charge < -0.3 is 14.1 Å². The first-order valence-corrected chi connectivity index (χ1v) is 8.96. The van der Waals surface area contributed by atoms with Gasteiger partial charge in [0.15, 0.2) is 6.61 Å². The minimum atomic E-state index is -4.48. The first kappa shape index (κ1) is 20.0. The highest BCUT2D eigenvalue weighted by Gasteiger charge is 2.30. The Kier molecular flexibility index (Phi) is 5.76. The average molecular weight is 395 g/mol. The van der Waals surface area contributed by atoms with E-state index in [2.05, 4.69) is 6.92 Å². The highest BCUT2D eigenvalue weighted by atomic mass is 19.4. The van der Waals surface area contributed by atoms with E-state index in [1.807, 2.05) is 0 Å². The fraction of sp³-hybridized carbons (Fsp3) is 0.400. The molecule has 1 amide bonds. The Balaban J connectivity index is 1.62. The van der Waals surface area contributed by atoms with E-state index in [0.717, 1.165) is 25.0 Å². The standard InChI is InChI=1S/C20H20F3NO4/c1-13-4-3-9-24(11-13)18(25)12-27-19(26)17-8-7-16(28-17)14-5-2-6-15(10-14)20(21,22)23/h2,5-8,10,13H,3-4,9,11-12H2,1H3/t13-/m0/s1. The van der Waals surface area contributed by atoms with E-state index in [4.69, 9.17) is 9.15 Å². The number of carbonyl (C=O) groups excluding carboxylic acids is 2. The number of hydrogen-bond acceptors (Lipinski definition) is 4. The second kappa shape index (κ2) is 8.08. The third kappa shape index (κ3) is 4.74. The van der Waals surface area contributed by atoms with Crippen LogP contribution in [0.2, 0.25) is 0 Å². The van der Waals surface area contributed by atoms with Crippen LogP contribution in [0.1, 0.15) is 35.9 Å². The van der Waals surface area contributed by atoms with Crippen molar-refractivity contribution in [3.8, 4) is 11.3 Å². The number of carbonyl (C=O) groups is 2. The van der Waals surface area contributed by atoms with Crippen molar-refractivity contribution in [1.29, 1.82) is 0 Å². The Labute approximate surface area is 160 Å². The number of alkyl halides is 3. The molecule has 0 unspecified atom stereocenters. The number of amides is 1. The average Bonchev–Trinajstić information content (AvgIpc) is 3.15. The van der Waals surface area contributed by atoms with Crippen molar-refractivity contribution in [3.63, 3.8) is 0 Å². The maximum absolute atomic E-state index is 12.8. The van der Waals surface area contributed by atoms with Crippen molar-refractivity contribution < 1.29 is 31.9 Å². The molecule has 0 N–H and O–H groups in total. The molecule has 0 saturated carbocycles. The van der Waals surface area contributed by atoms with Crippen molar-refractivity contribution in [2.75, 3.05) is 19.7 Å². The van der Waals surface area contributed by atoms with E-state index in [1.165, 1.54) is 24.3 Å². The van der Waals surface area contributed by atoms with Gasteiger partial charge >= 0.3 is 12.1 Å². The first-order valence-electron chi connectivity index (χ1n) is 8.96. The molecule has 1 aliphatic heterocycles. The number of furan rings is 1. The van der Waals surface area contributed by atoms with E-state index >= 15 is 0 Å². The number of esters is 1. The van der Waals surface area contributed by atoms with Crippen LogP contribution in [0, 0.1) is 5.92 Å². The summed E-state index contributed by atoms with van der Waals surface area (Å²) in [5.41, 5.74) is -0.626. The number of rotatable bonds is 4. The molecule has 1 atom stereocenters. The summed E-state index contributed by atoms with van der Waals surface area (Å²) < 4.78 is 48.8. The van der Waals surface area contributed by atoms with Crippen LogP contribution in [0.15, 0.2) is 40.8 Å². The molecule has 1 aromatic heterocycles. The largest absolute Gasteiger partial charge is 0.450 e. The van der Waals surface area contributed by atoms with Crippen molar-refractivity contribution in [2.45, 2.75) is 25.9 Å². The molecule has 150 valence electrons. The number of ether oxygens (including phenoxy) is 1. The summed E-state index contributed by atoms with van der Waals surface area (Å²) in [6, 6.07) is 7.30. The van der Waals surface area contributed by atoms with Crippen LogP contribution in [0.5, 0.6) is 0 Å². The minimum Gasteiger partial charge on any atom is -0.450 e. The fourth-order valence-electron chi connectivity index (χ4n) is 3.16. The molecular formula is C20H20F3NO4. The zero-order valence-corrected chi connectivity index (χ0v) is 15.3. The zero-order chi connectivity index (χ0) is 20.3. The van der Waals surface area contributed by atoms with Crippen molar-refractivity contribution in [3.05, 3.63) is 47.7 Å². The van der Waals surface area contributed by atoms with Gasteiger partial charge in [-0.25, -0.2) is 4.79 Å². The van der Waals surface area contributed by atoms with Crippen LogP contribution in [0.25, 0.3) is 11.3 Å². The van der Waals surface area contributed by atoms with Gasteiger partial charge in [0.25, 0.3) is 5.91 Å². The van der Waals surface area contributed by atoms with Crippen LogP contribution in [-0.4, -0.2) is 36.5 Å². The molecule has 3 rings (SSSR count). The topological polar surface area (TPSA) is 59.8 Å². The fourth-order valence-corrected chi connectivity index (χ4v) is 3.16. The van der Waals surface area contributed by atoms with Gasteiger partial charge in [-0.3, -0.25) is 4.79 Å². The molecule has 1 fully saturated rings. The predicted molar refractivity (Wildman–Crippen MR) is 94.4 cm³/mol. The smallest absolute Gasteiger partial charge is 0.416 e. The maximum atomic E-state index is 12.8. The quantitative estimate of drug-likeness (QED) is 0.721. The number of benzene rings is 1. The Morgan fingerprint density at radius 1 is 1.25 bits per heavy atom. The van der Waals surface area contributed by atoms with Gasteiger partial charge in [-0.2, -0.15) is 13.2 Å². The first-order chi connectivity index (χ1) is 13.2. The SMILES string of the molecule is C[C@H]1CCCN(C(=O)COC(=O)c2ccc(-c3cccc(C(F)(F)F)c3)o2)C1. The minimum absolute atomic E-state index is 0.106.